The zero-order valence-corrected chi connectivity index (χ0v) is 46.1. The second-order valence-corrected chi connectivity index (χ2v) is 25.7. The van der Waals surface area contributed by atoms with E-state index in [4.69, 9.17) is 23.7 Å². The Morgan fingerprint density at radius 3 is 2.49 bits per heavy atom. The summed E-state index contributed by atoms with van der Waals surface area (Å²) in [4.78, 5) is 52.3. The Bertz CT molecular complexity index is 2270. The Balaban J connectivity index is 0.852. The van der Waals surface area contributed by atoms with Crippen LogP contribution in [0.4, 0.5) is 15.3 Å². The molecular formula is C61H90N2O11. The van der Waals surface area contributed by atoms with Gasteiger partial charge in [-0.25, -0.2) is 9.59 Å². The topological polar surface area (TPSA) is 170 Å². The molecule has 0 radical (unpaired) electrons. The van der Waals surface area contributed by atoms with Gasteiger partial charge in [0.05, 0.1) is 31.0 Å². The summed E-state index contributed by atoms with van der Waals surface area (Å²) in [7, 11) is 2.14. The Kier molecular flexibility index (Phi) is 16.4. The highest BCUT2D eigenvalue weighted by molar-refractivity contribution is 5.93. The molecule has 1 amide bonds. The highest BCUT2D eigenvalue weighted by Gasteiger charge is 2.67. The molecule has 1 aromatic rings. The minimum absolute atomic E-state index is 0.0391. The zero-order valence-electron chi connectivity index (χ0n) is 46.1. The summed E-state index contributed by atoms with van der Waals surface area (Å²) in [5.74, 6) is 1.62. The molecule has 0 bridgehead atoms. The number of benzene rings is 1. The minimum atomic E-state index is -0.795. The molecule has 1 aliphatic heterocycles. The number of carboxylic acids is 1. The lowest BCUT2D eigenvalue weighted by Crippen LogP contribution is -2.63. The SMILES string of the molecule is CC[C@@]12C[C@H](c3ccc(N(C)CCO[C@H]4CC[C@@]5(C)[C@@H](C4)C[C@@H](OC(=O)OCCCNC(=O)OC(C)(C)C)[C@@H]4[C@@H]5C[C@H](O)[C@]5(C)[C@@H]([C@H](C)CCC(=O)O)CC[C@@H]45)cc3)C3=C4CCC(=O)C=C4CCC3C1CCCO2. The van der Waals surface area contributed by atoms with E-state index in [0.29, 0.717) is 57.1 Å². The second kappa shape index (κ2) is 22.2. The van der Waals surface area contributed by atoms with E-state index in [1.165, 1.54) is 23.1 Å². The van der Waals surface area contributed by atoms with E-state index in [1.54, 1.807) is 5.57 Å². The number of aliphatic hydroxyl groups excluding tert-OH is 1. The molecule has 1 heterocycles. The van der Waals surface area contributed by atoms with Crippen LogP contribution in [0.2, 0.25) is 0 Å². The van der Waals surface area contributed by atoms with E-state index in [-0.39, 0.29) is 77.4 Å². The van der Waals surface area contributed by atoms with Gasteiger partial charge in [0.2, 0.25) is 0 Å². The number of carbonyl (C=O) groups excluding carboxylic acids is 3. The number of aliphatic carboxylic acids is 1. The molecule has 6 fully saturated rings. The summed E-state index contributed by atoms with van der Waals surface area (Å²) in [6.07, 6.45) is 14.8. The van der Waals surface area contributed by atoms with Crippen LogP contribution < -0.4 is 10.2 Å². The van der Waals surface area contributed by atoms with E-state index in [9.17, 15) is 29.4 Å². The Hall–Kier alpha value is -3.94. The molecule has 2 unspecified atom stereocenters. The number of ether oxygens (including phenoxy) is 5. The van der Waals surface area contributed by atoms with Crippen molar-refractivity contribution in [3.8, 4) is 0 Å². The number of carboxylic acid groups (broad SMARTS) is 1. The molecule has 15 atom stereocenters. The molecular weight excluding hydrogens is 937 g/mol. The van der Waals surface area contributed by atoms with Crippen LogP contribution in [0.25, 0.3) is 0 Å². The van der Waals surface area contributed by atoms with Gasteiger partial charge in [0, 0.05) is 57.1 Å². The predicted octanol–water partition coefficient (Wildman–Crippen LogP) is 11.7. The maximum atomic E-state index is 13.6. The van der Waals surface area contributed by atoms with Crippen LogP contribution in [0.5, 0.6) is 0 Å². The average molecular weight is 1030 g/mol. The smallest absolute Gasteiger partial charge is 0.481 e. The molecule has 0 aromatic heterocycles. The number of carbonyl (C=O) groups is 4. The number of allylic oxidation sites excluding steroid dienone is 4. The largest absolute Gasteiger partial charge is 0.508 e. The molecule has 0 spiro atoms. The molecule has 410 valence electrons. The molecule has 7 aliphatic carbocycles. The number of alkyl carbamates (subject to hydrolysis) is 1. The van der Waals surface area contributed by atoms with Crippen molar-refractivity contribution >= 4 is 29.7 Å². The first-order valence-electron chi connectivity index (χ1n) is 29.0. The monoisotopic (exact) mass is 1030 g/mol. The van der Waals surface area contributed by atoms with Crippen molar-refractivity contribution in [3.05, 3.63) is 52.6 Å². The van der Waals surface area contributed by atoms with Crippen molar-refractivity contribution in [2.45, 2.75) is 199 Å². The first kappa shape index (κ1) is 54.8. The van der Waals surface area contributed by atoms with Gasteiger partial charge in [-0.15, -0.1) is 0 Å². The third kappa shape index (κ3) is 11.0. The van der Waals surface area contributed by atoms with Gasteiger partial charge < -0.3 is 44.1 Å². The lowest BCUT2D eigenvalue weighted by molar-refractivity contribution is -0.211. The molecule has 5 saturated carbocycles. The van der Waals surface area contributed by atoms with Gasteiger partial charge >= 0.3 is 18.2 Å². The number of ketones is 1. The number of hydrogen-bond donors (Lipinski definition) is 3. The third-order valence-electron chi connectivity index (χ3n) is 20.8. The van der Waals surface area contributed by atoms with Crippen LogP contribution in [0, 0.1) is 58.2 Å². The van der Waals surface area contributed by atoms with Gasteiger partial charge in [-0.2, -0.15) is 0 Å². The van der Waals surface area contributed by atoms with E-state index in [0.717, 1.165) is 89.5 Å². The number of amides is 1. The number of rotatable bonds is 16. The predicted molar refractivity (Wildman–Crippen MR) is 284 cm³/mol. The second-order valence-electron chi connectivity index (χ2n) is 25.7. The van der Waals surface area contributed by atoms with Crippen LogP contribution in [0.15, 0.2) is 47.1 Å². The van der Waals surface area contributed by atoms with Crippen LogP contribution in [0.3, 0.4) is 0 Å². The van der Waals surface area contributed by atoms with Gasteiger partial charge in [-0.1, -0.05) is 45.4 Å². The summed E-state index contributed by atoms with van der Waals surface area (Å²) < 4.78 is 31.0. The zero-order chi connectivity index (χ0) is 52.7. The fourth-order valence-corrected chi connectivity index (χ4v) is 17.1. The van der Waals surface area contributed by atoms with Crippen molar-refractivity contribution < 1.29 is 53.1 Å². The molecule has 8 aliphatic rings. The van der Waals surface area contributed by atoms with Crippen molar-refractivity contribution in [3.63, 3.8) is 0 Å². The van der Waals surface area contributed by atoms with Crippen molar-refractivity contribution in [2.75, 3.05) is 44.9 Å². The number of nitrogens with zero attached hydrogens (tertiary/aromatic N) is 1. The van der Waals surface area contributed by atoms with Gasteiger partial charge in [0.15, 0.2) is 5.78 Å². The van der Waals surface area contributed by atoms with Crippen molar-refractivity contribution in [1.29, 1.82) is 0 Å². The van der Waals surface area contributed by atoms with Gasteiger partial charge in [0.1, 0.15) is 11.7 Å². The first-order chi connectivity index (χ1) is 35.2. The average Bonchev–Trinajstić information content (AvgIpc) is 3.77. The lowest BCUT2D eigenvalue weighted by Gasteiger charge is -2.64. The molecule has 9 rings (SSSR count). The maximum Gasteiger partial charge on any atom is 0.508 e. The summed E-state index contributed by atoms with van der Waals surface area (Å²) in [6.45, 7) is 17.1. The number of hydrogen-bond acceptors (Lipinski definition) is 11. The molecule has 1 aromatic carbocycles. The molecule has 1 saturated heterocycles. The molecule has 3 N–H and O–H groups in total. The van der Waals surface area contributed by atoms with Crippen LogP contribution >= 0.6 is 0 Å². The fourth-order valence-electron chi connectivity index (χ4n) is 17.1. The van der Waals surface area contributed by atoms with Crippen molar-refractivity contribution in [2.24, 2.45) is 58.2 Å². The Morgan fingerprint density at radius 2 is 1.74 bits per heavy atom. The highest BCUT2D eigenvalue weighted by atomic mass is 16.7. The number of nitrogens with one attached hydrogen (secondary N) is 1. The number of likely N-dealkylation sites (N-methyl/N-ethyl adjacent to an activating group) is 1. The quantitative estimate of drug-likeness (QED) is 0.106. The standard InChI is InChI=1S/C61H90N2O11/c1-9-61-36-46(54-44-21-19-42(64)32-39(44)16-20-45(54)48(61)12-10-30-72-61)38-14-17-41(18-15-38)63(8)28-31-70-43-25-26-59(6)40(33-43)34-51(73-57(69)71-29-11-27-62-56(68)74-58(3,4)5)55-49-23-22-47(37(2)13-24-53(66)67)60(49,7)52(65)35-50(55)59/h14-15,17-18,32,37,40,43,45-52,55,65H,9-13,16,19-31,33-36H2,1-8H3,(H,62,68)(H,66,67)/t37-,40+,43+,45?,46-,47-,48?,49+,50+,51-,52+,55+,59+,60-,61-/m1/s1. The number of fused-ring (bicyclic) bond motifs is 9. The van der Waals surface area contributed by atoms with Crippen LogP contribution in [-0.2, 0) is 33.3 Å². The van der Waals surface area contributed by atoms with E-state index < -0.39 is 41.4 Å². The normalized spacial score (nSPS) is 36.9. The number of aliphatic hydroxyl groups is 1. The maximum absolute atomic E-state index is 13.6. The summed E-state index contributed by atoms with van der Waals surface area (Å²) in [5, 5.41) is 24.6. The third-order valence-corrected chi connectivity index (χ3v) is 20.8. The Morgan fingerprint density at radius 1 is 0.959 bits per heavy atom. The minimum Gasteiger partial charge on any atom is -0.481 e. The summed E-state index contributed by atoms with van der Waals surface area (Å²) in [5.41, 5.74) is 5.66. The lowest BCUT2D eigenvalue weighted by atomic mass is 9.43. The van der Waals surface area contributed by atoms with Crippen LogP contribution in [-0.4, -0.2) is 104 Å². The van der Waals surface area contributed by atoms with Crippen molar-refractivity contribution in [1.82, 2.24) is 5.32 Å². The van der Waals surface area contributed by atoms with Gasteiger partial charge in [0.25, 0.3) is 0 Å². The van der Waals surface area contributed by atoms with Gasteiger partial charge in [-0.05, 0) is 211 Å². The molecule has 13 heteroatoms. The first-order valence-corrected chi connectivity index (χ1v) is 29.0. The summed E-state index contributed by atoms with van der Waals surface area (Å²) in [6, 6.07) is 9.23. The van der Waals surface area contributed by atoms with Crippen LogP contribution in [0.1, 0.15) is 176 Å². The van der Waals surface area contributed by atoms with E-state index >= 15 is 0 Å². The van der Waals surface area contributed by atoms with E-state index in [1.807, 2.05) is 26.8 Å². The summed E-state index contributed by atoms with van der Waals surface area (Å²) >= 11 is 0. The fraction of sp³-hybridized carbons (Fsp3) is 0.770. The molecule has 13 nitrogen and oxygen atoms in total. The van der Waals surface area contributed by atoms with E-state index in [2.05, 4.69) is 69.2 Å². The number of anilines is 1. The van der Waals surface area contributed by atoms with Gasteiger partial charge in [-0.3, -0.25) is 9.59 Å². The molecule has 74 heavy (non-hydrogen) atoms. The highest BCUT2D eigenvalue weighted by Crippen LogP contribution is 2.69. The Labute approximate surface area is 441 Å².